The molecule has 0 aliphatic rings. The molecule has 0 heterocycles. The summed E-state index contributed by atoms with van der Waals surface area (Å²) in [5, 5.41) is 9.73. The van der Waals surface area contributed by atoms with E-state index < -0.39 is 6.04 Å². The molecule has 0 aliphatic carbocycles. The van der Waals surface area contributed by atoms with Crippen molar-refractivity contribution in [3.63, 3.8) is 0 Å². The Bertz CT molecular complexity index is 381. The van der Waals surface area contributed by atoms with Crippen LogP contribution < -0.4 is 5.73 Å². The first-order valence-electron chi connectivity index (χ1n) is 4.94. The van der Waals surface area contributed by atoms with Gasteiger partial charge in [0.25, 0.3) is 0 Å². The minimum atomic E-state index is -0.559. The van der Waals surface area contributed by atoms with E-state index in [-0.39, 0.29) is 18.1 Å². The molecule has 3 N–H and O–H groups in total. The second kappa shape index (κ2) is 5.86. The fraction of sp³-hybridized carbons (Fsp3) is 0.364. The monoisotopic (exact) mass is 287 g/mol. The lowest BCUT2D eigenvalue weighted by Gasteiger charge is -2.13. The van der Waals surface area contributed by atoms with Gasteiger partial charge in [-0.2, -0.15) is 0 Å². The predicted molar refractivity (Wildman–Crippen MR) is 64.0 cm³/mol. The number of para-hydroxylation sites is 1. The van der Waals surface area contributed by atoms with Gasteiger partial charge >= 0.3 is 5.97 Å². The number of halogens is 1. The molecule has 16 heavy (non-hydrogen) atoms. The number of carbonyl (C=O) groups is 1. The molecular weight excluding hydrogens is 274 g/mol. The molecular formula is C11H14BrNO3. The van der Waals surface area contributed by atoms with Gasteiger partial charge in [-0.25, -0.2) is 0 Å². The maximum absolute atomic E-state index is 11.2. The molecule has 0 aliphatic heterocycles. The lowest BCUT2D eigenvalue weighted by molar-refractivity contribution is -0.143. The van der Waals surface area contributed by atoms with Crippen LogP contribution in [0.4, 0.5) is 0 Å². The zero-order valence-corrected chi connectivity index (χ0v) is 10.5. The van der Waals surface area contributed by atoms with Gasteiger partial charge in [0.05, 0.1) is 17.5 Å². The number of phenols is 1. The summed E-state index contributed by atoms with van der Waals surface area (Å²) in [6.07, 6.45) is 0.0534. The van der Waals surface area contributed by atoms with Crippen molar-refractivity contribution in [2.24, 2.45) is 5.73 Å². The van der Waals surface area contributed by atoms with Crippen LogP contribution in [-0.4, -0.2) is 17.7 Å². The van der Waals surface area contributed by atoms with E-state index in [1.165, 1.54) is 0 Å². The number of carbonyl (C=O) groups excluding carboxylic acids is 1. The Morgan fingerprint density at radius 1 is 1.62 bits per heavy atom. The van der Waals surface area contributed by atoms with Gasteiger partial charge < -0.3 is 15.6 Å². The number of hydrogen-bond acceptors (Lipinski definition) is 4. The molecule has 0 spiro atoms. The Kier molecular flexibility index (Phi) is 4.76. The van der Waals surface area contributed by atoms with Crippen LogP contribution in [0.5, 0.6) is 5.75 Å². The molecule has 0 fully saturated rings. The van der Waals surface area contributed by atoms with Gasteiger partial charge in [0, 0.05) is 11.6 Å². The van der Waals surface area contributed by atoms with Gasteiger partial charge in [-0.15, -0.1) is 0 Å². The maximum Gasteiger partial charge on any atom is 0.307 e. The average molecular weight is 288 g/mol. The van der Waals surface area contributed by atoms with Gasteiger partial charge in [-0.1, -0.05) is 12.1 Å². The highest BCUT2D eigenvalue weighted by Gasteiger charge is 2.16. The second-order valence-corrected chi connectivity index (χ2v) is 4.15. The summed E-state index contributed by atoms with van der Waals surface area (Å²) < 4.78 is 5.35. The van der Waals surface area contributed by atoms with Crippen molar-refractivity contribution in [1.82, 2.24) is 0 Å². The minimum Gasteiger partial charge on any atom is -0.506 e. The van der Waals surface area contributed by atoms with Crippen LogP contribution in [0, 0.1) is 0 Å². The topological polar surface area (TPSA) is 72.5 Å². The highest BCUT2D eigenvalue weighted by atomic mass is 79.9. The molecule has 0 bridgehead atoms. The number of nitrogens with two attached hydrogens (primary N) is 1. The Hall–Kier alpha value is -1.07. The minimum absolute atomic E-state index is 0.0534. The number of phenolic OH excluding ortho intramolecular Hbond substituents is 1. The lowest BCUT2D eigenvalue weighted by Crippen LogP contribution is -2.17. The quantitative estimate of drug-likeness (QED) is 0.832. The van der Waals surface area contributed by atoms with Crippen molar-refractivity contribution in [3.8, 4) is 5.75 Å². The van der Waals surface area contributed by atoms with E-state index in [4.69, 9.17) is 10.5 Å². The Labute approximate surface area is 103 Å². The van der Waals surface area contributed by atoms with Crippen molar-refractivity contribution in [3.05, 3.63) is 28.2 Å². The summed E-state index contributed by atoms with van der Waals surface area (Å²) in [5.74, 6) is -0.298. The van der Waals surface area contributed by atoms with Gasteiger partial charge in [-0.05, 0) is 28.9 Å². The molecule has 4 nitrogen and oxygen atoms in total. The Morgan fingerprint density at radius 3 is 2.94 bits per heavy atom. The summed E-state index contributed by atoms with van der Waals surface area (Å²) in [7, 11) is 0. The lowest BCUT2D eigenvalue weighted by atomic mass is 10.0. The van der Waals surface area contributed by atoms with E-state index in [9.17, 15) is 9.90 Å². The summed E-state index contributed by atoms with van der Waals surface area (Å²) in [4.78, 5) is 11.2. The molecule has 88 valence electrons. The molecule has 0 unspecified atom stereocenters. The number of rotatable bonds is 4. The number of ether oxygens (including phenoxy) is 1. The summed E-state index contributed by atoms with van der Waals surface area (Å²) in [6.45, 7) is 2.07. The third-order valence-corrected chi connectivity index (χ3v) is 2.75. The predicted octanol–water partition coefficient (Wildman–Crippen LogP) is 2.11. The molecule has 0 aromatic heterocycles. The Balaban J connectivity index is 2.76. The zero-order chi connectivity index (χ0) is 12.1. The molecule has 1 aromatic carbocycles. The van der Waals surface area contributed by atoms with E-state index in [0.717, 1.165) is 0 Å². The molecule has 1 aromatic rings. The first-order chi connectivity index (χ1) is 7.56. The normalized spacial score (nSPS) is 12.2. The molecule has 0 radical (unpaired) electrons. The fourth-order valence-electron chi connectivity index (χ4n) is 1.34. The number of benzene rings is 1. The van der Waals surface area contributed by atoms with Crippen LogP contribution in [0.2, 0.25) is 0 Å². The van der Waals surface area contributed by atoms with Crippen molar-refractivity contribution in [2.45, 2.75) is 19.4 Å². The van der Waals surface area contributed by atoms with Crippen molar-refractivity contribution >= 4 is 21.9 Å². The van der Waals surface area contributed by atoms with Crippen molar-refractivity contribution in [2.75, 3.05) is 6.61 Å². The van der Waals surface area contributed by atoms with E-state index in [0.29, 0.717) is 16.6 Å². The molecule has 0 saturated heterocycles. The number of hydrogen-bond donors (Lipinski definition) is 2. The fourth-order valence-corrected chi connectivity index (χ4v) is 1.72. The van der Waals surface area contributed by atoms with E-state index in [2.05, 4.69) is 15.9 Å². The van der Waals surface area contributed by atoms with Crippen LogP contribution in [0.25, 0.3) is 0 Å². The van der Waals surface area contributed by atoms with E-state index in [1.54, 1.807) is 25.1 Å². The first-order valence-corrected chi connectivity index (χ1v) is 5.74. The maximum atomic E-state index is 11.2. The van der Waals surface area contributed by atoms with Crippen LogP contribution in [0.3, 0.4) is 0 Å². The van der Waals surface area contributed by atoms with E-state index in [1.807, 2.05) is 0 Å². The number of aromatic hydroxyl groups is 1. The van der Waals surface area contributed by atoms with Gasteiger partial charge in [0.1, 0.15) is 5.75 Å². The molecule has 1 rings (SSSR count). The summed E-state index contributed by atoms with van der Waals surface area (Å²) >= 11 is 3.19. The van der Waals surface area contributed by atoms with Crippen molar-refractivity contribution < 1.29 is 14.6 Å². The zero-order valence-electron chi connectivity index (χ0n) is 8.94. The van der Waals surface area contributed by atoms with Gasteiger partial charge in [0.2, 0.25) is 0 Å². The summed E-state index contributed by atoms with van der Waals surface area (Å²) in [6, 6.07) is 4.58. The van der Waals surface area contributed by atoms with Gasteiger partial charge in [-0.3, -0.25) is 4.79 Å². The third kappa shape index (κ3) is 3.21. The third-order valence-electron chi connectivity index (χ3n) is 2.11. The van der Waals surface area contributed by atoms with Crippen LogP contribution in [0.15, 0.2) is 22.7 Å². The molecule has 1 atom stereocenters. The largest absolute Gasteiger partial charge is 0.506 e. The van der Waals surface area contributed by atoms with Crippen LogP contribution in [-0.2, 0) is 9.53 Å². The van der Waals surface area contributed by atoms with Crippen LogP contribution >= 0.6 is 15.9 Å². The first kappa shape index (κ1) is 13.0. The van der Waals surface area contributed by atoms with E-state index >= 15 is 0 Å². The Morgan fingerprint density at radius 2 is 2.31 bits per heavy atom. The van der Waals surface area contributed by atoms with Crippen molar-refractivity contribution in [1.29, 1.82) is 0 Å². The second-order valence-electron chi connectivity index (χ2n) is 3.29. The molecule has 5 heteroatoms. The van der Waals surface area contributed by atoms with Crippen LogP contribution in [0.1, 0.15) is 24.9 Å². The molecule has 0 saturated carbocycles. The van der Waals surface area contributed by atoms with Gasteiger partial charge in [0.15, 0.2) is 0 Å². The SMILES string of the molecule is CCOC(=O)C[C@H](N)c1cccc(Br)c1O. The summed E-state index contributed by atoms with van der Waals surface area (Å²) in [5.41, 5.74) is 6.34. The standard InChI is InChI=1S/C11H14BrNO3/c1-2-16-10(14)6-9(13)7-4-3-5-8(12)11(7)15/h3-5,9,15H,2,6,13H2,1H3/t9-/m0/s1. The highest BCUT2D eigenvalue weighted by molar-refractivity contribution is 9.10. The number of esters is 1. The molecule has 0 amide bonds. The average Bonchev–Trinajstić information content (AvgIpc) is 2.22. The smallest absolute Gasteiger partial charge is 0.307 e. The highest BCUT2D eigenvalue weighted by Crippen LogP contribution is 2.31.